The van der Waals surface area contributed by atoms with Crippen molar-refractivity contribution < 1.29 is 13.9 Å². The van der Waals surface area contributed by atoms with Gasteiger partial charge in [-0.1, -0.05) is 6.07 Å². The molecule has 4 nitrogen and oxygen atoms in total. The standard InChI is InChI=1S/C17H23FN2O2/c1-12-5-6-14(13(18)7-12)19-8-17(9-19)10-20(11-17)15(21)22-16(2,3)4/h5-7H,8-11H2,1-4H3. The fourth-order valence-corrected chi connectivity index (χ4v) is 3.22. The van der Waals surface area contributed by atoms with Gasteiger partial charge in [-0.3, -0.25) is 0 Å². The summed E-state index contributed by atoms with van der Waals surface area (Å²) in [4.78, 5) is 15.7. The van der Waals surface area contributed by atoms with Crippen LogP contribution >= 0.6 is 0 Å². The molecular weight excluding hydrogens is 283 g/mol. The molecule has 1 aromatic carbocycles. The molecule has 2 aliphatic heterocycles. The van der Waals surface area contributed by atoms with Crippen molar-refractivity contribution in [1.29, 1.82) is 0 Å². The molecule has 1 aromatic rings. The Hall–Kier alpha value is -1.78. The van der Waals surface area contributed by atoms with Crippen LogP contribution in [0.1, 0.15) is 26.3 Å². The number of rotatable bonds is 1. The monoisotopic (exact) mass is 306 g/mol. The summed E-state index contributed by atoms with van der Waals surface area (Å²) in [5.41, 5.74) is 1.24. The van der Waals surface area contributed by atoms with Crippen molar-refractivity contribution in [2.75, 3.05) is 31.1 Å². The van der Waals surface area contributed by atoms with Crippen molar-refractivity contribution in [3.63, 3.8) is 0 Å². The molecule has 2 saturated heterocycles. The Morgan fingerprint density at radius 2 is 1.86 bits per heavy atom. The Morgan fingerprint density at radius 1 is 1.23 bits per heavy atom. The molecule has 2 aliphatic rings. The fraction of sp³-hybridized carbons (Fsp3) is 0.588. The third kappa shape index (κ3) is 2.76. The number of amides is 1. The first kappa shape index (κ1) is 15.1. The van der Waals surface area contributed by atoms with E-state index in [0.29, 0.717) is 18.8 Å². The van der Waals surface area contributed by atoms with Gasteiger partial charge in [0.05, 0.1) is 5.69 Å². The average molecular weight is 306 g/mol. The van der Waals surface area contributed by atoms with Gasteiger partial charge in [0.1, 0.15) is 11.4 Å². The molecule has 5 heteroatoms. The van der Waals surface area contributed by atoms with Crippen LogP contribution in [0.3, 0.4) is 0 Å². The van der Waals surface area contributed by atoms with Gasteiger partial charge in [-0.2, -0.15) is 0 Å². The van der Waals surface area contributed by atoms with E-state index in [0.717, 1.165) is 18.7 Å². The Balaban J connectivity index is 1.54. The molecule has 22 heavy (non-hydrogen) atoms. The summed E-state index contributed by atoms with van der Waals surface area (Å²) < 4.78 is 19.3. The highest BCUT2D eigenvalue weighted by Crippen LogP contribution is 2.43. The van der Waals surface area contributed by atoms with Crippen LogP contribution in [0.15, 0.2) is 18.2 Å². The number of halogens is 1. The van der Waals surface area contributed by atoms with Crippen molar-refractivity contribution in [2.24, 2.45) is 5.41 Å². The molecule has 0 N–H and O–H groups in total. The van der Waals surface area contributed by atoms with Crippen molar-refractivity contribution >= 4 is 11.8 Å². The second-order valence-corrected chi connectivity index (χ2v) is 7.65. The van der Waals surface area contributed by atoms with Gasteiger partial charge in [0, 0.05) is 31.6 Å². The summed E-state index contributed by atoms with van der Waals surface area (Å²) in [7, 11) is 0. The lowest BCUT2D eigenvalue weighted by Gasteiger charge is -2.60. The summed E-state index contributed by atoms with van der Waals surface area (Å²) >= 11 is 0. The summed E-state index contributed by atoms with van der Waals surface area (Å²) in [6.45, 7) is 10.5. The third-order valence-corrected chi connectivity index (χ3v) is 4.20. The van der Waals surface area contributed by atoms with E-state index in [9.17, 15) is 9.18 Å². The van der Waals surface area contributed by atoms with E-state index in [1.54, 1.807) is 11.0 Å². The van der Waals surface area contributed by atoms with Crippen LogP contribution in [0, 0.1) is 18.2 Å². The number of anilines is 1. The smallest absolute Gasteiger partial charge is 0.410 e. The molecule has 2 fully saturated rings. The minimum Gasteiger partial charge on any atom is -0.444 e. The number of benzene rings is 1. The number of nitrogens with zero attached hydrogens (tertiary/aromatic N) is 2. The van der Waals surface area contributed by atoms with E-state index in [1.165, 1.54) is 0 Å². The normalized spacial score (nSPS) is 19.7. The van der Waals surface area contributed by atoms with E-state index in [4.69, 9.17) is 4.74 Å². The molecular formula is C17H23FN2O2. The van der Waals surface area contributed by atoms with Gasteiger partial charge in [-0.15, -0.1) is 0 Å². The fourth-order valence-electron chi connectivity index (χ4n) is 3.22. The number of hydrogen-bond acceptors (Lipinski definition) is 3. The lowest BCUT2D eigenvalue weighted by Crippen LogP contribution is -2.73. The molecule has 0 bridgehead atoms. The average Bonchev–Trinajstić information content (AvgIpc) is 2.25. The summed E-state index contributed by atoms with van der Waals surface area (Å²) in [6, 6.07) is 5.33. The molecule has 0 radical (unpaired) electrons. The van der Waals surface area contributed by atoms with Gasteiger partial charge in [-0.05, 0) is 45.4 Å². The molecule has 0 saturated carbocycles. The Labute approximate surface area is 130 Å². The van der Waals surface area contributed by atoms with Gasteiger partial charge >= 0.3 is 6.09 Å². The summed E-state index contributed by atoms with van der Waals surface area (Å²) in [5.74, 6) is -0.168. The number of likely N-dealkylation sites (tertiary alicyclic amines) is 1. The van der Waals surface area contributed by atoms with Gasteiger partial charge in [0.2, 0.25) is 0 Å². The van der Waals surface area contributed by atoms with Gasteiger partial charge < -0.3 is 14.5 Å². The van der Waals surface area contributed by atoms with Crippen molar-refractivity contribution in [3.8, 4) is 0 Å². The predicted molar refractivity (Wildman–Crippen MR) is 83.6 cm³/mol. The first-order chi connectivity index (χ1) is 10.2. The summed E-state index contributed by atoms with van der Waals surface area (Å²) in [5, 5.41) is 0. The van der Waals surface area contributed by atoms with Crippen LogP contribution in [-0.4, -0.2) is 42.8 Å². The topological polar surface area (TPSA) is 32.8 Å². The minimum atomic E-state index is -0.462. The lowest BCUT2D eigenvalue weighted by molar-refractivity contribution is -0.0454. The maximum Gasteiger partial charge on any atom is 0.410 e. The van der Waals surface area contributed by atoms with Crippen LogP contribution < -0.4 is 4.90 Å². The first-order valence-electron chi connectivity index (χ1n) is 7.67. The molecule has 120 valence electrons. The largest absolute Gasteiger partial charge is 0.444 e. The molecule has 0 aliphatic carbocycles. The minimum absolute atomic E-state index is 0.119. The number of ether oxygens (including phenoxy) is 1. The van der Waals surface area contributed by atoms with E-state index in [1.807, 2.05) is 44.7 Å². The lowest BCUT2D eigenvalue weighted by atomic mass is 9.73. The third-order valence-electron chi connectivity index (χ3n) is 4.20. The predicted octanol–water partition coefficient (Wildman–Crippen LogP) is 3.19. The SMILES string of the molecule is Cc1ccc(N2CC3(CN(C(=O)OC(C)(C)C)C3)C2)c(F)c1. The Bertz CT molecular complexity index is 595. The second-order valence-electron chi connectivity index (χ2n) is 7.65. The van der Waals surface area contributed by atoms with E-state index in [-0.39, 0.29) is 17.3 Å². The maximum absolute atomic E-state index is 14.0. The maximum atomic E-state index is 14.0. The molecule has 1 amide bonds. The molecule has 0 aromatic heterocycles. The highest BCUT2D eigenvalue weighted by atomic mass is 19.1. The Kier molecular flexibility index (Phi) is 3.34. The van der Waals surface area contributed by atoms with Crippen LogP contribution in [0.2, 0.25) is 0 Å². The van der Waals surface area contributed by atoms with Gasteiger partial charge in [0.25, 0.3) is 0 Å². The van der Waals surface area contributed by atoms with Crippen molar-refractivity contribution in [3.05, 3.63) is 29.6 Å². The number of hydrogen-bond donors (Lipinski definition) is 0. The zero-order chi connectivity index (χ0) is 16.1. The quantitative estimate of drug-likeness (QED) is 0.799. The molecule has 1 spiro atoms. The Morgan fingerprint density at radius 3 is 2.41 bits per heavy atom. The van der Waals surface area contributed by atoms with E-state index >= 15 is 0 Å². The first-order valence-corrected chi connectivity index (χ1v) is 7.67. The van der Waals surface area contributed by atoms with Crippen LogP contribution in [0.4, 0.5) is 14.9 Å². The highest BCUT2D eigenvalue weighted by molar-refractivity contribution is 5.70. The molecule has 0 unspecified atom stereocenters. The zero-order valence-electron chi connectivity index (χ0n) is 13.6. The highest BCUT2D eigenvalue weighted by Gasteiger charge is 2.54. The van der Waals surface area contributed by atoms with Gasteiger partial charge in [-0.25, -0.2) is 9.18 Å². The van der Waals surface area contributed by atoms with Crippen LogP contribution in [-0.2, 0) is 4.74 Å². The number of aryl methyl sites for hydroxylation is 1. The summed E-state index contributed by atoms with van der Waals surface area (Å²) in [6.07, 6.45) is -0.252. The van der Waals surface area contributed by atoms with Crippen molar-refractivity contribution in [1.82, 2.24) is 4.90 Å². The molecule has 3 rings (SSSR count). The zero-order valence-corrected chi connectivity index (χ0v) is 13.6. The second kappa shape index (κ2) is 4.86. The van der Waals surface area contributed by atoms with Crippen molar-refractivity contribution in [2.45, 2.75) is 33.3 Å². The van der Waals surface area contributed by atoms with Gasteiger partial charge in [0.15, 0.2) is 0 Å². The van der Waals surface area contributed by atoms with E-state index in [2.05, 4.69) is 0 Å². The van der Waals surface area contributed by atoms with Crippen LogP contribution in [0.25, 0.3) is 0 Å². The molecule has 2 heterocycles. The number of carbonyl (C=O) groups excluding carboxylic acids is 1. The van der Waals surface area contributed by atoms with E-state index < -0.39 is 5.60 Å². The van der Waals surface area contributed by atoms with Crippen LogP contribution in [0.5, 0.6) is 0 Å². The number of carbonyl (C=O) groups is 1. The molecule has 0 atom stereocenters.